The number of carbonyl (C=O) groups is 1. The molecular formula is C15H22Cl2N2O. The minimum atomic E-state index is 0. The zero-order valence-corrected chi connectivity index (χ0v) is 13.5. The van der Waals surface area contributed by atoms with Crippen molar-refractivity contribution in [3.05, 3.63) is 34.3 Å². The molecule has 5 heteroatoms. The van der Waals surface area contributed by atoms with Gasteiger partial charge >= 0.3 is 0 Å². The van der Waals surface area contributed by atoms with Crippen LogP contribution in [0.25, 0.3) is 0 Å². The van der Waals surface area contributed by atoms with Crippen molar-refractivity contribution in [2.75, 3.05) is 13.1 Å². The summed E-state index contributed by atoms with van der Waals surface area (Å²) in [5, 5.41) is 0.527. The van der Waals surface area contributed by atoms with Crippen LogP contribution in [0.5, 0.6) is 0 Å². The number of rotatable bonds is 2. The van der Waals surface area contributed by atoms with Crippen LogP contribution in [0.3, 0.4) is 0 Å². The highest BCUT2D eigenvalue weighted by atomic mass is 35.5. The smallest absolute Gasteiger partial charge is 0.255 e. The van der Waals surface area contributed by atoms with Gasteiger partial charge < -0.3 is 10.6 Å². The van der Waals surface area contributed by atoms with Gasteiger partial charge in [-0.3, -0.25) is 4.79 Å². The van der Waals surface area contributed by atoms with Crippen molar-refractivity contribution in [3.63, 3.8) is 0 Å². The summed E-state index contributed by atoms with van der Waals surface area (Å²) >= 11 is 6.19. The lowest BCUT2D eigenvalue weighted by Gasteiger charge is -2.39. The van der Waals surface area contributed by atoms with Gasteiger partial charge in [0.1, 0.15) is 0 Å². The van der Waals surface area contributed by atoms with Crippen molar-refractivity contribution in [1.29, 1.82) is 0 Å². The number of carbonyl (C=O) groups excluding carboxylic acids is 1. The van der Waals surface area contributed by atoms with Crippen molar-refractivity contribution in [1.82, 2.24) is 4.90 Å². The molecule has 1 aromatic carbocycles. The van der Waals surface area contributed by atoms with Crippen LogP contribution in [-0.4, -0.2) is 29.9 Å². The lowest BCUT2D eigenvalue weighted by atomic mass is 9.90. The Morgan fingerprint density at radius 2 is 2.20 bits per heavy atom. The number of hydrogen-bond donors (Lipinski definition) is 1. The monoisotopic (exact) mass is 316 g/mol. The highest BCUT2D eigenvalue weighted by Gasteiger charge is 2.31. The lowest BCUT2D eigenvalue weighted by molar-refractivity contribution is 0.0533. The van der Waals surface area contributed by atoms with E-state index in [2.05, 4.69) is 6.92 Å². The van der Waals surface area contributed by atoms with E-state index in [0.717, 1.165) is 24.9 Å². The van der Waals surface area contributed by atoms with E-state index in [4.69, 9.17) is 17.3 Å². The molecule has 1 aliphatic rings. The van der Waals surface area contributed by atoms with Gasteiger partial charge in [0.15, 0.2) is 0 Å². The maximum absolute atomic E-state index is 12.6. The minimum absolute atomic E-state index is 0. The van der Waals surface area contributed by atoms with Crippen LogP contribution in [-0.2, 0) is 0 Å². The highest BCUT2D eigenvalue weighted by molar-refractivity contribution is 6.33. The van der Waals surface area contributed by atoms with Crippen LogP contribution in [0.1, 0.15) is 35.7 Å². The Morgan fingerprint density at radius 3 is 2.80 bits per heavy atom. The van der Waals surface area contributed by atoms with E-state index in [-0.39, 0.29) is 24.4 Å². The number of benzene rings is 1. The molecule has 20 heavy (non-hydrogen) atoms. The quantitative estimate of drug-likeness (QED) is 0.910. The van der Waals surface area contributed by atoms with Gasteiger partial charge in [-0.25, -0.2) is 0 Å². The van der Waals surface area contributed by atoms with Crippen LogP contribution in [0.15, 0.2) is 18.2 Å². The molecule has 2 atom stereocenters. The van der Waals surface area contributed by atoms with Crippen molar-refractivity contribution < 1.29 is 4.79 Å². The molecule has 2 N–H and O–H groups in total. The summed E-state index contributed by atoms with van der Waals surface area (Å²) in [5.41, 5.74) is 7.48. The molecule has 0 aliphatic carbocycles. The van der Waals surface area contributed by atoms with E-state index in [1.807, 2.05) is 30.0 Å². The van der Waals surface area contributed by atoms with E-state index in [0.29, 0.717) is 23.0 Å². The Hall–Kier alpha value is -0.770. The average molecular weight is 317 g/mol. The van der Waals surface area contributed by atoms with Crippen LogP contribution >= 0.6 is 24.0 Å². The second-order valence-electron chi connectivity index (χ2n) is 5.40. The molecule has 0 saturated carbocycles. The first kappa shape index (κ1) is 17.3. The third-order valence-corrected chi connectivity index (χ3v) is 4.29. The SMILES string of the molecule is Cc1ccc(C(=O)N2CCCC(C)C2CN)c(Cl)c1.Cl. The lowest BCUT2D eigenvalue weighted by Crippen LogP contribution is -2.51. The second-order valence-corrected chi connectivity index (χ2v) is 5.81. The van der Waals surface area contributed by atoms with Crippen LogP contribution in [0, 0.1) is 12.8 Å². The Morgan fingerprint density at radius 1 is 1.50 bits per heavy atom. The topological polar surface area (TPSA) is 46.3 Å². The molecule has 112 valence electrons. The van der Waals surface area contributed by atoms with E-state index >= 15 is 0 Å². The van der Waals surface area contributed by atoms with E-state index in [1.54, 1.807) is 0 Å². The molecule has 3 nitrogen and oxygen atoms in total. The van der Waals surface area contributed by atoms with Crippen molar-refractivity contribution in [2.24, 2.45) is 11.7 Å². The first-order valence-electron chi connectivity index (χ1n) is 6.81. The number of hydrogen-bond acceptors (Lipinski definition) is 2. The summed E-state index contributed by atoms with van der Waals surface area (Å²) in [6.45, 7) is 5.41. The third-order valence-electron chi connectivity index (χ3n) is 3.97. The van der Waals surface area contributed by atoms with E-state index in [1.165, 1.54) is 0 Å². The van der Waals surface area contributed by atoms with Gasteiger partial charge in [0.05, 0.1) is 10.6 Å². The number of halogens is 2. The maximum Gasteiger partial charge on any atom is 0.255 e. The van der Waals surface area contributed by atoms with Crippen molar-refractivity contribution in [2.45, 2.75) is 32.7 Å². The molecular weight excluding hydrogens is 295 g/mol. The van der Waals surface area contributed by atoms with Crippen molar-refractivity contribution >= 4 is 29.9 Å². The van der Waals surface area contributed by atoms with Gasteiger partial charge in [-0.1, -0.05) is 24.6 Å². The third kappa shape index (κ3) is 3.46. The van der Waals surface area contributed by atoms with E-state index in [9.17, 15) is 4.79 Å². The van der Waals surface area contributed by atoms with Gasteiger partial charge in [-0.05, 0) is 43.4 Å². The van der Waals surface area contributed by atoms with Crippen molar-refractivity contribution in [3.8, 4) is 0 Å². The van der Waals surface area contributed by atoms with Gasteiger partial charge in [-0.2, -0.15) is 0 Å². The minimum Gasteiger partial charge on any atom is -0.334 e. The summed E-state index contributed by atoms with van der Waals surface area (Å²) in [6, 6.07) is 5.69. The summed E-state index contributed by atoms with van der Waals surface area (Å²) < 4.78 is 0. The molecule has 2 rings (SSSR count). The fourth-order valence-corrected chi connectivity index (χ4v) is 3.12. The molecule has 2 unspecified atom stereocenters. The number of aryl methyl sites for hydroxylation is 1. The zero-order chi connectivity index (χ0) is 14.0. The maximum atomic E-state index is 12.6. The standard InChI is InChI=1S/C15H21ClN2O.ClH/c1-10-5-6-12(13(16)8-10)15(19)18-7-3-4-11(2)14(18)9-17;/h5-6,8,11,14H,3-4,7,9,17H2,1-2H3;1H. The molecule has 0 bridgehead atoms. The Balaban J connectivity index is 0.00000200. The number of nitrogens with two attached hydrogens (primary N) is 1. The molecule has 1 aliphatic heterocycles. The van der Waals surface area contributed by atoms with E-state index < -0.39 is 0 Å². The summed E-state index contributed by atoms with van der Waals surface area (Å²) in [4.78, 5) is 14.5. The fraction of sp³-hybridized carbons (Fsp3) is 0.533. The number of nitrogens with zero attached hydrogens (tertiary/aromatic N) is 1. The molecule has 1 fully saturated rings. The summed E-state index contributed by atoms with van der Waals surface area (Å²) in [7, 11) is 0. The molecule has 1 amide bonds. The summed E-state index contributed by atoms with van der Waals surface area (Å²) in [5.74, 6) is 0.457. The van der Waals surface area contributed by atoms with Gasteiger partial charge in [0.25, 0.3) is 5.91 Å². The Kier molecular flexibility index (Phi) is 6.31. The highest BCUT2D eigenvalue weighted by Crippen LogP contribution is 2.26. The molecule has 0 spiro atoms. The summed E-state index contributed by atoms with van der Waals surface area (Å²) in [6.07, 6.45) is 2.17. The Labute approximate surface area is 131 Å². The van der Waals surface area contributed by atoms with Gasteiger partial charge in [0, 0.05) is 19.1 Å². The normalized spacial score (nSPS) is 22.3. The van der Waals surface area contributed by atoms with Gasteiger partial charge in [0.2, 0.25) is 0 Å². The van der Waals surface area contributed by atoms with Crippen LogP contribution in [0.4, 0.5) is 0 Å². The first-order chi connectivity index (χ1) is 9.04. The van der Waals surface area contributed by atoms with Crippen LogP contribution < -0.4 is 5.73 Å². The predicted octanol–water partition coefficient (Wildman–Crippen LogP) is 3.27. The van der Waals surface area contributed by atoms with Crippen LogP contribution in [0.2, 0.25) is 5.02 Å². The predicted molar refractivity (Wildman–Crippen MR) is 85.7 cm³/mol. The van der Waals surface area contributed by atoms with Gasteiger partial charge in [-0.15, -0.1) is 12.4 Å². The fourth-order valence-electron chi connectivity index (χ4n) is 2.81. The molecule has 0 aromatic heterocycles. The zero-order valence-electron chi connectivity index (χ0n) is 11.9. The molecule has 0 radical (unpaired) electrons. The molecule has 1 aromatic rings. The number of piperidine rings is 1. The molecule has 1 heterocycles. The molecule has 1 saturated heterocycles. The second kappa shape index (κ2) is 7.30. The number of likely N-dealkylation sites (tertiary alicyclic amines) is 1. The number of amides is 1. The largest absolute Gasteiger partial charge is 0.334 e. The Bertz CT molecular complexity index is 479. The first-order valence-corrected chi connectivity index (χ1v) is 7.19. The average Bonchev–Trinajstić information content (AvgIpc) is 2.37.